The summed E-state index contributed by atoms with van der Waals surface area (Å²) < 4.78 is 6.96. The number of nitrogens with one attached hydrogen (secondary N) is 1. The molecule has 9 heteroatoms. The summed E-state index contributed by atoms with van der Waals surface area (Å²) in [6.45, 7) is 3.64. The zero-order chi connectivity index (χ0) is 19.6. The Morgan fingerprint density at radius 1 is 1.26 bits per heavy atom. The number of hydrogen-bond donors (Lipinski definition) is 1. The number of benzene rings is 1. The van der Waals surface area contributed by atoms with Gasteiger partial charge in [0.2, 0.25) is 5.89 Å². The summed E-state index contributed by atoms with van der Waals surface area (Å²) in [6, 6.07) is 12.7. The summed E-state index contributed by atoms with van der Waals surface area (Å²) >= 11 is 11.2. The average Bonchev–Trinajstić information content (AvgIpc) is 3.23. The van der Waals surface area contributed by atoms with Crippen LogP contribution in [0.5, 0.6) is 0 Å². The first-order valence-electron chi connectivity index (χ1n) is 7.77. The first-order valence-corrected chi connectivity index (χ1v) is 8.53. The number of nitriles is 1. The van der Waals surface area contributed by atoms with Crippen LogP contribution in [0.3, 0.4) is 0 Å². The van der Waals surface area contributed by atoms with E-state index in [9.17, 15) is 4.79 Å². The summed E-state index contributed by atoms with van der Waals surface area (Å²) in [4.78, 5) is 17.0. The van der Waals surface area contributed by atoms with Gasteiger partial charge in [-0.05, 0) is 32.0 Å². The van der Waals surface area contributed by atoms with Crippen molar-refractivity contribution in [1.82, 2.24) is 20.1 Å². The van der Waals surface area contributed by atoms with Gasteiger partial charge in [0.15, 0.2) is 11.4 Å². The molecule has 7 nitrogen and oxygen atoms in total. The van der Waals surface area contributed by atoms with Gasteiger partial charge in [-0.25, -0.2) is 9.67 Å². The Labute approximate surface area is 164 Å². The normalized spacial score (nSPS) is 10.3. The molecule has 1 amide bonds. The maximum atomic E-state index is 12.7. The van der Waals surface area contributed by atoms with Crippen molar-refractivity contribution in [3.63, 3.8) is 0 Å². The van der Waals surface area contributed by atoms with E-state index in [1.807, 2.05) is 38.1 Å². The van der Waals surface area contributed by atoms with Gasteiger partial charge in [0.1, 0.15) is 10.6 Å². The van der Waals surface area contributed by atoms with Crippen molar-refractivity contribution >= 4 is 29.1 Å². The molecule has 0 radical (unpaired) electrons. The number of nitrogens with zero attached hydrogens (tertiary/aromatic N) is 4. The second-order valence-corrected chi connectivity index (χ2v) is 6.53. The molecule has 2 aromatic heterocycles. The highest BCUT2D eigenvalue weighted by atomic mass is 35.5. The number of aryl methyl sites for hydroxylation is 2. The van der Waals surface area contributed by atoms with E-state index in [0.29, 0.717) is 5.56 Å². The van der Waals surface area contributed by atoms with Crippen LogP contribution in [0.1, 0.15) is 21.9 Å². The molecular formula is C18H13Cl2N5O2. The third-order valence-electron chi connectivity index (χ3n) is 3.59. The van der Waals surface area contributed by atoms with Crippen LogP contribution in [0, 0.1) is 25.2 Å². The minimum Gasteiger partial charge on any atom is -0.417 e. The van der Waals surface area contributed by atoms with Crippen molar-refractivity contribution in [2.75, 3.05) is 0 Å². The van der Waals surface area contributed by atoms with E-state index in [1.54, 1.807) is 18.2 Å². The van der Waals surface area contributed by atoms with Crippen LogP contribution in [0.4, 0.5) is 0 Å². The van der Waals surface area contributed by atoms with Crippen molar-refractivity contribution < 1.29 is 9.21 Å². The molecule has 1 aromatic carbocycles. The molecule has 0 unspecified atom stereocenters. The van der Waals surface area contributed by atoms with Crippen LogP contribution in [0.15, 0.2) is 51.0 Å². The molecule has 0 aliphatic carbocycles. The maximum absolute atomic E-state index is 12.7. The summed E-state index contributed by atoms with van der Waals surface area (Å²) in [6.07, 6.45) is 0. The van der Waals surface area contributed by atoms with Crippen molar-refractivity contribution in [1.29, 1.82) is 5.26 Å². The molecule has 3 rings (SSSR count). The quantitative estimate of drug-likeness (QED) is 0.665. The molecule has 0 spiro atoms. The Hall–Kier alpha value is -3.08. The number of carbonyl (C=O) groups excluding carboxylic acids is 1. The lowest BCUT2D eigenvalue weighted by Crippen LogP contribution is -2.24. The molecule has 0 saturated carbocycles. The van der Waals surface area contributed by atoms with Gasteiger partial charge in [-0.2, -0.15) is 10.4 Å². The van der Waals surface area contributed by atoms with Gasteiger partial charge < -0.3 is 9.73 Å². The molecule has 3 aromatic rings. The molecule has 0 bridgehead atoms. The topological polar surface area (TPSA) is 96.7 Å². The Bertz CT molecular complexity index is 1070. The summed E-state index contributed by atoms with van der Waals surface area (Å²) in [5.74, 6) is -0.332. The number of hydrogen-bond acceptors (Lipinski definition) is 5. The van der Waals surface area contributed by atoms with Gasteiger partial charge >= 0.3 is 0 Å². The van der Waals surface area contributed by atoms with Crippen molar-refractivity contribution in [2.24, 2.45) is 0 Å². The van der Waals surface area contributed by atoms with Crippen molar-refractivity contribution in [2.45, 2.75) is 13.8 Å². The number of carbonyl (C=O) groups is 1. The van der Waals surface area contributed by atoms with E-state index in [-0.39, 0.29) is 27.7 Å². The standard InChI is InChI=1S/C18H13Cl2N5O2/c1-10-8-11(2)25(24-10)18-14(16(26)22-13(9-21)15(19)20)23-17(27-18)12-6-4-3-5-7-12/h3-8H,1-2H3,(H,22,26). The lowest BCUT2D eigenvalue weighted by atomic mass is 10.2. The van der Waals surface area contributed by atoms with Crippen LogP contribution in [-0.2, 0) is 0 Å². The minimum atomic E-state index is -0.696. The summed E-state index contributed by atoms with van der Waals surface area (Å²) in [5.41, 5.74) is 1.85. The molecule has 0 aliphatic rings. The highest BCUT2D eigenvalue weighted by Gasteiger charge is 2.25. The molecular weight excluding hydrogens is 389 g/mol. The summed E-state index contributed by atoms with van der Waals surface area (Å²) in [7, 11) is 0. The molecule has 136 valence electrons. The third kappa shape index (κ3) is 3.87. The lowest BCUT2D eigenvalue weighted by Gasteiger charge is -2.04. The van der Waals surface area contributed by atoms with E-state index in [0.717, 1.165) is 11.4 Å². The second kappa shape index (κ2) is 7.66. The smallest absolute Gasteiger partial charge is 0.280 e. The molecule has 0 saturated heterocycles. The summed E-state index contributed by atoms with van der Waals surface area (Å²) in [5, 5.41) is 15.7. The van der Waals surface area contributed by atoms with Crippen LogP contribution in [-0.4, -0.2) is 20.7 Å². The van der Waals surface area contributed by atoms with E-state index >= 15 is 0 Å². The third-order valence-corrected chi connectivity index (χ3v) is 3.96. The maximum Gasteiger partial charge on any atom is 0.280 e. The van der Waals surface area contributed by atoms with E-state index < -0.39 is 5.91 Å². The fourth-order valence-corrected chi connectivity index (χ4v) is 2.61. The monoisotopic (exact) mass is 401 g/mol. The first-order chi connectivity index (χ1) is 12.9. The fourth-order valence-electron chi connectivity index (χ4n) is 2.43. The van der Waals surface area contributed by atoms with Crippen LogP contribution in [0.2, 0.25) is 0 Å². The van der Waals surface area contributed by atoms with E-state index in [4.69, 9.17) is 32.9 Å². The second-order valence-electron chi connectivity index (χ2n) is 5.58. The minimum absolute atomic E-state index is 0.0533. The highest BCUT2D eigenvalue weighted by molar-refractivity contribution is 6.56. The molecule has 0 atom stereocenters. The zero-order valence-electron chi connectivity index (χ0n) is 14.3. The van der Waals surface area contributed by atoms with Gasteiger partial charge in [0.05, 0.1) is 5.69 Å². The average molecular weight is 402 g/mol. The number of allylic oxidation sites excluding steroid dienone is 1. The van der Waals surface area contributed by atoms with Crippen LogP contribution >= 0.6 is 23.2 Å². The van der Waals surface area contributed by atoms with Gasteiger partial charge in [0.25, 0.3) is 11.8 Å². The molecule has 1 N–H and O–H groups in total. The Kier molecular flexibility index (Phi) is 5.31. The Morgan fingerprint density at radius 2 is 1.96 bits per heavy atom. The predicted molar refractivity (Wildman–Crippen MR) is 100 cm³/mol. The van der Waals surface area contributed by atoms with Crippen LogP contribution < -0.4 is 5.32 Å². The van der Waals surface area contributed by atoms with Crippen molar-refractivity contribution in [3.05, 3.63) is 63.7 Å². The van der Waals surface area contributed by atoms with E-state index in [1.165, 1.54) is 4.68 Å². The number of oxazole rings is 1. The van der Waals surface area contributed by atoms with Crippen LogP contribution in [0.25, 0.3) is 17.3 Å². The number of aromatic nitrogens is 3. The van der Waals surface area contributed by atoms with Crippen molar-refractivity contribution in [3.8, 4) is 23.4 Å². The van der Waals surface area contributed by atoms with Gasteiger partial charge in [-0.3, -0.25) is 4.79 Å². The molecule has 0 fully saturated rings. The van der Waals surface area contributed by atoms with Gasteiger partial charge in [-0.15, -0.1) is 0 Å². The van der Waals surface area contributed by atoms with E-state index in [2.05, 4.69) is 15.4 Å². The first kappa shape index (κ1) is 18.7. The predicted octanol–water partition coefficient (Wildman–Crippen LogP) is 4.04. The zero-order valence-corrected chi connectivity index (χ0v) is 15.8. The number of rotatable bonds is 4. The number of amides is 1. The van der Waals surface area contributed by atoms with Gasteiger partial charge in [0, 0.05) is 11.3 Å². The lowest BCUT2D eigenvalue weighted by molar-refractivity contribution is 0.0962. The number of halogens is 2. The SMILES string of the molecule is Cc1cc(C)n(-c2oc(-c3ccccc3)nc2C(=O)NC(C#N)=C(Cl)Cl)n1. The highest BCUT2D eigenvalue weighted by Crippen LogP contribution is 2.26. The molecule has 27 heavy (non-hydrogen) atoms. The van der Waals surface area contributed by atoms with Gasteiger partial charge in [-0.1, -0.05) is 41.4 Å². The Morgan fingerprint density at radius 3 is 2.52 bits per heavy atom. The molecule has 0 aliphatic heterocycles. The fraction of sp³-hybridized carbons (Fsp3) is 0.111. The largest absolute Gasteiger partial charge is 0.417 e. The molecule has 2 heterocycles. The Balaban J connectivity index is 2.13.